The van der Waals surface area contributed by atoms with Gasteiger partial charge >= 0.3 is 5.97 Å². The van der Waals surface area contributed by atoms with Crippen LogP contribution in [0.3, 0.4) is 0 Å². The molecule has 0 unspecified atom stereocenters. The molecule has 0 saturated heterocycles. The van der Waals surface area contributed by atoms with Crippen LogP contribution in [0.25, 0.3) is 0 Å². The second kappa shape index (κ2) is 9.28. The fraction of sp³-hybridized carbons (Fsp3) is 0.333. The summed E-state index contributed by atoms with van der Waals surface area (Å²) in [5.74, 6) is -1.66. The van der Waals surface area contributed by atoms with Gasteiger partial charge in [0.05, 0.1) is 5.69 Å². The van der Waals surface area contributed by atoms with Crippen LogP contribution < -0.4 is 5.32 Å². The Balaban J connectivity index is 1.82. The molecule has 0 atom stereocenters. The van der Waals surface area contributed by atoms with E-state index < -0.39 is 24.3 Å². The fourth-order valence-corrected chi connectivity index (χ4v) is 2.81. The van der Waals surface area contributed by atoms with Crippen molar-refractivity contribution in [3.63, 3.8) is 0 Å². The zero-order valence-electron chi connectivity index (χ0n) is 14.8. The van der Waals surface area contributed by atoms with E-state index in [9.17, 15) is 14.0 Å². The zero-order chi connectivity index (χ0) is 19.1. The number of para-hydroxylation sites is 1. The van der Waals surface area contributed by atoms with E-state index in [2.05, 4.69) is 15.3 Å². The molecule has 1 heterocycles. The van der Waals surface area contributed by atoms with Crippen molar-refractivity contribution in [3.8, 4) is 0 Å². The number of thioether (sulfide) groups is 1. The van der Waals surface area contributed by atoms with Crippen molar-refractivity contribution >= 4 is 29.3 Å². The Bertz CT molecular complexity index is 791. The van der Waals surface area contributed by atoms with Crippen molar-refractivity contribution in [3.05, 3.63) is 47.0 Å². The number of anilines is 1. The number of halogens is 1. The topological polar surface area (TPSA) is 81.2 Å². The second-order valence-electron chi connectivity index (χ2n) is 5.55. The Morgan fingerprint density at radius 1 is 1.19 bits per heavy atom. The van der Waals surface area contributed by atoms with Crippen LogP contribution >= 0.6 is 11.8 Å². The number of hydrogen-bond donors (Lipinski definition) is 1. The number of nitrogens with one attached hydrogen (secondary N) is 1. The van der Waals surface area contributed by atoms with E-state index in [0.717, 1.165) is 17.0 Å². The Morgan fingerprint density at radius 2 is 1.85 bits per heavy atom. The van der Waals surface area contributed by atoms with Gasteiger partial charge in [-0.25, -0.2) is 14.4 Å². The van der Waals surface area contributed by atoms with Crippen LogP contribution in [0.5, 0.6) is 0 Å². The molecule has 1 N–H and O–H groups in total. The van der Waals surface area contributed by atoms with E-state index in [1.54, 1.807) is 6.07 Å². The lowest BCUT2D eigenvalue weighted by atomic mass is 10.1. The first-order valence-corrected chi connectivity index (χ1v) is 9.21. The largest absolute Gasteiger partial charge is 0.456 e. The minimum absolute atomic E-state index is 0.0471. The summed E-state index contributed by atoms with van der Waals surface area (Å²) in [6, 6.07) is 5.78. The summed E-state index contributed by atoms with van der Waals surface area (Å²) in [7, 11) is 0. The molecule has 138 valence electrons. The average molecular weight is 377 g/mol. The monoisotopic (exact) mass is 377 g/mol. The van der Waals surface area contributed by atoms with Crippen LogP contribution in [0, 0.1) is 19.7 Å². The molecule has 26 heavy (non-hydrogen) atoms. The quantitative estimate of drug-likeness (QED) is 0.454. The predicted octanol–water partition coefficient (Wildman–Crippen LogP) is 3.07. The van der Waals surface area contributed by atoms with Crippen LogP contribution in [0.15, 0.2) is 29.4 Å². The first kappa shape index (κ1) is 19.8. The zero-order valence-corrected chi connectivity index (χ0v) is 15.7. The summed E-state index contributed by atoms with van der Waals surface area (Å²) in [6.07, 6.45) is 2.44. The third-order valence-corrected chi connectivity index (χ3v) is 4.22. The molecule has 2 rings (SSSR count). The van der Waals surface area contributed by atoms with E-state index in [-0.39, 0.29) is 12.1 Å². The van der Waals surface area contributed by atoms with Crippen molar-refractivity contribution < 1.29 is 18.7 Å². The molecule has 6 nitrogen and oxygen atoms in total. The minimum atomic E-state index is -0.594. The number of hydrogen-bond acceptors (Lipinski definition) is 6. The van der Waals surface area contributed by atoms with E-state index in [1.165, 1.54) is 30.0 Å². The van der Waals surface area contributed by atoms with E-state index >= 15 is 0 Å². The Kier molecular flexibility index (Phi) is 7.08. The number of aromatic nitrogens is 2. The molecule has 0 aliphatic heterocycles. The predicted molar refractivity (Wildman–Crippen MR) is 97.6 cm³/mol. The van der Waals surface area contributed by atoms with Crippen LogP contribution in [0.4, 0.5) is 10.1 Å². The van der Waals surface area contributed by atoms with Crippen LogP contribution in [-0.2, 0) is 20.7 Å². The first-order valence-electron chi connectivity index (χ1n) is 7.98. The number of benzene rings is 1. The first-order chi connectivity index (χ1) is 12.4. The van der Waals surface area contributed by atoms with Gasteiger partial charge in [0.25, 0.3) is 5.91 Å². The molecular formula is C18H20FN3O3S. The lowest BCUT2D eigenvalue weighted by Gasteiger charge is -2.10. The summed E-state index contributed by atoms with van der Waals surface area (Å²) < 4.78 is 18.4. The molecule has 8 heteroatoms. The molecule has 0 radical (unpaired) electrons. The van der Waals surface area contributed by atoms with Gasteiger partial charge in [-0.1, -0.05) is 23.9 Å². The number of esters is 1. The summed E-state index contributed by atoms with van der Waals surface area (Å²) in [5.41, 5.74) is 2.60. The highest BCUT2D eigenvalue weighted by Crippen LogP contribution is 2.17. The Hall–Kier alpha value is -2.48. The van der Waals surface area contributed by atoms with E-state index in [0.29, 0.717) is 11.6 Å². The van der Waals surface area contributed by atoms with Crippen LogP contribution in [-0.4, -0.2) is 34.7 Å². The van der Waals surface area contributed by atoms with Gasteiger partial charge in [0, 0.05) is 17.8 Å². The highest BCUT2D eigenvalue weighted by atomic mass is 32.2. The summed E-state index contributed by atoms with van der Waals surface area (Å²) in [4.78, 5) is 32.3. The maximum absolute atomic E-state index is 13.5. The number of aryl methyl sites for hydroxylation is 2. The third-order valence-electron chi connectivity index (χ3n) is 3.67. The van der Waals surface area contributed by atoms with Gasteiger partial charge in [-0.3, -0.25) is 9.59 Å². The van der Waals surface area contributed by atoms with E-state index in [4.69, 9.17) is 4.74 Å². The highest BCUT2D eigenvalue weighted by molar-refractivity contribution is 7.98. The van der Waals surface area contributed by atoms with Gasteiger partial charge in [-0.05, 0) is 44.2 Å². The van der Waals surface area contributed by atoms with Gasteiger partial charge in [-0.15, -0.1) is 0 Å². The number of carbonyl (C=O) groups excluding carboxylic acids is 2. The molecular weight excluding hydrogens is 357 g/mol. The SMILES string of the molecule is CSc1nc(C)c(CCC(=O)OCC(=O)Nc2ccccc2F)c(C)n1. The Labute approximate surface area is 155 Å². The van der Waals surface area contributed by atoms with Gasteiger partial charge in [0.1, 0.15) is 5.82 Å². The maximum Gasteiger partial charge on any atom is 0.306 e. The van der Waals surface area contributed by atoms with Crippen molar-refractivity contribution in [2.24, 2.45) is 0 Å². The molecule has 0 fully saturated rings. The number of nitrogens with zero attached hydrogens (tertiary/aromatic N) is 2. The van der Waals surface area contributed by atoms with Crippen molar-refractivity contribution in [1.29, 1.82) is 0 Å². The normalized spacial score (nSPS) is 10.5. The van der Waals surface area contributed by atoms with Crippen molar-refractivity contribution in [2.45, 2.75) is 31.8 Å². The summed E-state index contributed by atoms with van der Waals surface area (Å²) in [5, 5.41) is 3.05. The Morgan fingerprint density at radius 3 is 2.46 bits per heavy atom. The smallest absolute Gasteiger partial charge is 0.306 e. The number of rotatable bonds is 7. The minimum Gasteiger partial charge on any atom is -0.456 e. The standard InChI is InChI=1S/C18H20FN3O3S/c1-11-13(12(2)21-18(20-11)26-3)8-9-17(24)25-10-16(23)22-15-7-5-4-6-14(15)19/h4-7H,8-10H2,1-3H3,(H,22,23). The van der Waals surface area contributed by atoms with Crippen molar-refractivity contribution in [1.82, 2.24) is 9.97 Å². The summed E-state index contributed by atoms with van der Waals surface area (Å²) >= 11 is 1.46. The average Bonchev–Trinajstić information content (AvgIpc) is 2.61. The van der Waals surface area contributed by atoms with Crippen molar-refractivity contribution in [2.75, 3.05) is 18.2 Å². The fourth-order valence-electron chi connectivity index (χ4n) is 2.36. The highest BCUT2D eigenvalue weighted by Gasteiger charge is 2.13. The molecule has 0 bridgehead atoms. The van der Waals surface area contributed by atoms with Gasteiger partial charge in [0.15, 0.2) is 11.8 Å². The number of amides is 1. The molecule has 1 aromatic carbocycles. The van der Waals surface area contributed by atoms with E-state index in [1.807, 2.05) is 20.1 Å². The van der Waals surface area contributed by atoms with Crippen LogP contribution in [0.1, 0.15) is 23.4 Å². The number of ether oxygens (including phenoxy) is 1. The second-order valence-corrected chi connectivity index (χ2v) is 6.32. The maximum atomic E-state index is 13.5. The molecule has 2 aromatic rings. The van der Waals surface area contributed by atoms with Gasteiger partial charge < -0.3 is 10.1 Å². The molecule has 0 aliphatic carbocycles. The third kappa shape index (κ3) is 5.52. The summed E-state index contributed by atoms with van der Waals surface area (Å²) in [6.45, 7) is 3.28. The molecule has 0 spiro atoms. The molecule has 1 amide bonds. The number of carbonyl (C=O) groups is 2. The van der Waals surface area contributed by atoms with Gasteiger partial charge in [0.2, 0.25) is 0 Å². The molecule has 0 aliphatic rings. The lowest BCUT2D eigenvalue weighted by Crippen LogP contribution is -2.21. The van der Waals surface area contributed by atoms with Gasteiger partial charge in [-0.2, -0.15) is 0 Å². The molecule has 0 saturated carbocycles. The lowest BCUT2D eigenvalue weighted by molar-refractivity contribution is -0.147. The molecule has 1 aromatic heterocycles. The van der Waals surface area contributed by atoms with Crippen LogP contribution in [0.2, 0.25) is 0 Å².